The fourth-order valence-electron chi connectivity index (χ4n) is 1.96. The van der Waals surface area contributed by atoms with Crippen molar-refractivity contribution in [3.63, 3.8) is 0 Å². The van der Waals surface area contributed by atoms with Crippen LogP contribution in [0.25, 0.3) is 0 Å². The zero-order valence-electron chi connectivity index (χ0n) is 14.4. The van der Waals surface area contributed by atoms with E-state index in [2.05, 4.69) is 6.58 Å². The summed E-state index contributed by atoms with van der Waals surface area (Å²) in [6, 6.07) is 9.74. The van der Waals surface area contributed by atoms with Crippen LogP contribution in [0, 0.1) is 11.6 Å². The fourth-order valence-corrected chi connectivity index (χ4v) is 1.96. The molecule has 0 heterocycles. The summed E-state index contributed by atoms with van der Waals surface area (Å²) in [6.45, 7) is 6.68. The highest BCUT2D eigenvalue weighted by Gasteiger charge is 2.32. The van der Waals surface area contributed by atoms with E-state index in [-0.39, 0.29) is 17.7 Å². The number of carbonyl (C=O) groups excluding carboxylic acids is 2. The molecule has 0 saturated carbocycles. The van der Waals surface area contributed by atoms with Gasteiger partial charge in [-0.05, 0) is 68.0 Å². The Labute approximate surface area is 150 Å². The van der Waals surface area contributed by atoms with Crippen LogP contribution in [-0.2, 0) is 9.47 Å². The summed E-state index contributed by atoms with van der Waals surface area (Å²) < 4.78 is 36.5. The first-order chi connectivity index (χ1) is 12.2. The van der Waals surface area contributed by atoms with Crippen LogP contribution in [0.3, 0.4) is 0 Å². The van der Waals surface area contributed by atoms with Gasteiger partial charge >= 0.3 is 11.9 Å². The maximum Gasteiger partial charge on any atom is 0.339 e. The second-order valence-corrected chi connectivity index (χ2v) is 5.99. The SMILES string of the molecule is C=C(C)C(C)(COC(=O)c1ccc(F)cc1)OC(=O)c1ccc(F)cc1. The summed E-state index contributed by atoms with van der Waals surface area (Å²) in [6.07, 6.45) is 0. The zero-order valence-corrected chi connectivity index (χ0v) is 14.4. The average Bonchev–Trinajstić information content (AvgIpc) is 2.60. The van der Waals surface area contributed by atoms with Gasteiger partial charge < -0.3 is 9.47 Å². The largest absolute Gasteiger partial charge is 0.457 e. The van der Waals surface area contributed by atoms with Crippen molar-refractivity contribution in [1.82, 2.24) is 0 Å². The Morgan fingerprint density at radius 3 is 1.77 bits per heavy atom. The smallest absolute Gasteiger partial charge is 0.339 e. The van der Waals surface area contributed by atoms with Gasteiger partial charge in [-0.1, -0.05) is 6.58 Å². The highest BCUT2D eigenvalue weighted by molar-refractivity contribution is 5.90. The van der Waals surface area contributed by atoms with E-state index < -0.39 is 29.2 Å². The summed E-state index contributed by atoms with van der Waals surface area (Å²) >= 11 is 0. The van der Waals surface area contributed by atoms with Crippen molar-refractivity contribution in [2.75, 3.05) is 6.61 Å². The van der Waals surface area contributed by atoms with Crippen molar-refractivity contribution in [3.8, 4) is 0 Å². The molecule has 6 heteroatoms. The molecule has 2 aromatic rings. The van der Waals surface area contributed by atoms with Crippen LogP contribution in [-0.4, -0.2) is 24.1 Å². The second-order valence-electron chi connectivity index (χ2n) is 5.99. The molecule has 0 radical (unpaired) electrons. The third-order valence-electron chi connectivity index (χ3n) is 3.86. The van der Waals surface area contributed by atoms with Gasteiger partial charge in [0, 0.05) is 0 Å². The summed E-state index contributed by atoms with van der Waals surface area (Å²) in [7, 11) is 0. The van der Waals surface area contributed by atoms with Gasteiger partial charge in [0.15, 0.2) is 5.60 Å². The molecule has 0 bridgehead atoms. The lowest BCUT2D eigenvalue weighted by molar-refractivity contribution is -0.0286. The summed E-state index contributed by atoms with van der Waals surface area (Å²) in [4.78, 5) is 24.3. The van der Waals surface area contributed by atoms with Gasteiger partial charge in [-0.15, -0.1) is 0 Å². The van der Waals surface area contributed by atoms with Gasteiger partial charge in [0.1, 0.15) is 18.2 Å². The summed E-state index contributed by atoms with van der Waals surface area (Å²) in [5.74, 6) is -2.33. The van der Waals surface area contributed by atoms with Gasteiger partial charge in [0.25, 0.3) is 0 Å². The highest BCUT2D eigenvalue weighted by Crippen LogP contribution is 2.23. The Bertz CT molecular complexity index is 813. The normalized spacial score (nSPS) is 12.8. The molecule has 1 unspecified atom stereocenters. The summed E-state index contributed by atoms with van der Waals surface area (Å²) in [5, 5.41) is 0. The molecule has 2 aromatic carbocycles. The highest BCUT2D eigenvalue weighted by atomic mass is 19.1. The second kappa shape index (κ2) is 7.91. The number of carbonyl (C=O) groups is 2. The van der Waals surface area contributed by atoms with Crippen molar-refractivity contribution in [2.45, 2.75) is 19.4 Å². The number of halogens is 2. The molecular weight excluding hydrogens is 342 g/mol. The van der Waals surface area contributed by atoms with Crippen molar-refractivity contribution < 1.29 is 27.8 Å². The number of esters is 2. The molecule has 0 aliphatic carbocycles. The van der Waals surface area contributed by atoms with Crippen LogP contribution in [0.1, 0.15) is 34.6 Å². The average molecular weight is 360 g/mol. The lowest BCUT2D eigenvalue weighted by atomic mass is 9.99. The first kappa shape index (κ1) is 19.3. The quantitative estimate of drug-likeness (QED) is 0.569. The van der Waals surface area contributed by atoms with Crippen molar-refractivity contribution in [2.24, 2.45) is 0 Å². The third kappa shape index (κ3) is 4.75. The van der Waals surface area contributed by atoms with Gasteiger partial charge in [-0.3, -0.25) is 0 Å². The molecule has 26 heavy (non-hydrogen) atoms. The minimum Gasteiger partial charge on any atom is -0.457 e. The Kier molecular flexibility index (Phi) is 5.87. The molecule has 136 valence electrons. The molecule has 0 fully saturated rings. The molecule has 0 aromatic heterocycles. The maximum absolute atomic E-state index is 13.0. The first-order valence-corrected chi connectivity index (χ1v) is 7.79. The van der Waals surface area contributed by atoms with E-state index in [0.29, 0.717) is 5.57 Å². The molecule has 4 nitrogen and oxygen atoms in total. The topological polar surface area (TPSA) is 52.6 Å². The number of benzene rings is 2. The Morgan fingerprint density at radius 1 is 0.923 bits per heavy atom. The molecular formula is C20H18F2O4. The van der Waals surface area contributed by atoms with Crippen LogP contribution in [0.15, 0.2) is 60.7 Å². The molecule has 0 spiro atoms. The Morgan fingerprint density at radius 2 is 1.35 bits per heavy atom. The molecule has 0 aliphatic rings. The molecule has 0 aliphatic heterocycles. The lowest BCUT2D eigenvalue weighted by Gasteiger charge is -2.29. The van der Waals surface area contributed by atoms with Crippen LogP contribution < -0.4 is 0 Å². The minimum atomic E-state index is -1.28. The standard InChI is InChI=1S/C20H18F2O4/c1-13(2)20(3,26-19(24)15-6-10-17(22)11-7-15)12-25-18(23)14-4-8-16(21)9-5-14/h4-11H,1,12H2,2-3H3. The van der Waals surface area contributed by atoms with Gasteiger partial charge in [-0.25, -0.2) is 18.4 Å². The molecule has 0 saturated heterocycles. The number of hydrogen-bond donors (Lipinski definition) is 0. The Balaban J connectivity index is 2.07. The van der Waals surface area contributed by atoms with Crippen molar-refractivity contribution in [3.05, 3.63) is 83.4 Å². The monoisotopic (exact) mass is 360 g/mol. The van der Waals surface area contributed by atoms with Crippen molar-refractivity contribution in [1.29, 1.82) is 0 Å². The number of ether oxygens (including phenoxy) is 2. The minimum absolute atomic E-state index is 0.156. The lowest BCUT2D eigenvalue weighted by Crippen LogP contribution is -2.38. The third-order valence-corrected chi connectivity index (χ3v) is 3.86. The molecule has 0 amide bonds. The fraction of sp³-hybridized carbons (Fsp3) is 0.200. The van der Waals surface area contributed by atoms with Crippen LogP contribution >= 0.6 is 0 Å². The van der Waals surface area contributed by atoms with E-state index in [1.807, 2.05) is 0 Å². The predicted molar refractivity (Wildman–Crippen MR) is 91.7 cm³/mol. The van der Waals surface area contributed by atoms with Gasteiger partial charge in [-0.2, -0.15) is 0 Å². The number of hydrogen-bond acceptors (Lipinski definition) is 4. The predicted octanol–water partition coefficient (Wildman–Crippen LogP) is 4.31. The van der Waals surface area contributed by atoms with Gasteiger partial charge in [0.05, 0.1) is 11.1 Å². The van der Waals surface area contributed by atoms with E-state index in [0.717, 1.165) is 24.3 Å². The van der Waals surface area contributed by atoms with E-state index >= 15 is 0 Å². The first-order valence-electron chi connectivity index (χ1n) is 7.79. The van der Waals surface area contributed by atoms with E-state index in [9.17, 15) is 18.4 Å². The number of rotatable bonds is 6. The van der Waals surface area contributed by atoms with E-state index in [1.165, 1.54) is 24.3 Å². The Hall–Kier alpha value is -3.02. The van der Waals surface area contributed by atoms with E-state index in [4.69, 9.17) is 9.47 Å². The van der Waals surface area contributed by atoms with Crippen molar-refractivity contribution >= 4 is 11.9 Å². The zero-order chi connectivity index (χ0) is 19.3. The van der Waals surface area contributed by atoms with Crippen LogP contribution in [0.5, 0.6) is 0 Å². The maximum atomic E-state index is 13.0. The molecule has 1 atom stereocenters. The van der Waals surface area contributed by atoms with Crippen LogP contribution in [0.4, 0.5) is 8.78 Å². The molecule has 2 rings (SSSR count). The van der Waals surface area contributed by atoms with E-state index in [1.54, 1.807) is 13.8 Å². The van der Waals surface area contributed by atoms with Crippen LogP contribution in [0.2, 0.25) is 0 Å². The van der Waals surface area contributed by atoms with Gasteiger partial charge in [0.2, 0.25) is 0 Å². The summed E-state index contributed by atoms with van der Waals surface area (Å²) in [5.41, 5.74) is -0.495. The molecule has 0 N–H and O–H groups in total.